The van der Waals surface area contributed by atoms with Gasteiger partial charge in [0.25, 0.3) is 0 Å². The molecule has 43 heavy (non-hydrogen) atoms. The van der Waals surface area contributed by atoms with Crippen LogP contribution in [0.2, 0.25) is 0 Å². The number of benzene rings is 4. The van der Waals surface area contributed by atoms with Crippen molar-refractivity contribution in [3.63, 3.8) is 0 Å². The number of nitrogens with zero attached hydrogens (tertiary/aromatic N) is 2. The highest BCUT2D eigenvalue weighted by Gasteiger charge is 2.34. The molecule has 0 radical (unpaired) electrons. The van der Waals surface area contributed by atoms with Crippen LogP contribution < -0.4 is 0 Å². The van der Waals surface area contributed by atoms with Crippen LogP contribution in [0.15, 0.2) is 126 Å². The van der Waals surface area contributed by atoms with Gasteiger partial charge in [-0.2, -0.15) is 0 Å². The van der Waals surface area contributed by atoms with Crippen molar-refractivity contribution in [3.8, 4) is 0 Å². The number of para-hydroxylation sites is 1. The third-order valence-electron chi connectivity index (χ3n) is 7.18. The zero-order chi connectivity index (χ0) is 30.4. The molecule has 6 heteroatoms. The lowest BCUT2D eigenvalue weighted by atomic mass is 9.88. The predicted molar refractivity (Wildman–Crippen MR) is 170 cm³/mol. The van der Waals surface area contributed by atoms with Crippen molar-refractivity contribution in [1.82, 2.24) is 4.57 Å². The van der Waals surface area contributed by atoms with E-state index >= 15 is 0 Å². The number of carbonyl (C=O) groups excluding carboxylic acids is 2. The summed E-state index contributed by atoms with van der Waals surface area (Å²) < 4.78 is 12.8. The van der Waals surface area contributed by atoms with Crippen LogP contribution in [-0.4, -0.2) is 35.1 Å². The molecular weight excluding hydrogens is 536 g/mol. The van der Waals surface area contributed by atoms with Crippen molar-refractivity contribution in [2.45, 2.75) is 38.8 Å². The molecule has 0 aliphatic carbocycles. The number of ether oxygens (including phenoxy) is 2. The van der Waals surface area contributed by atoms with Crippen LogP contribution in [-0.2, 0) is 20.7 Å². The van der Waals surface area contributed by atoms with Gasteiger partial charge in [-0.05, 0) is 38.5 Å². The number of carbonyl (C=O) groups is 2. The monoisotopic (exact) mass is 572 g/mol. The van der Waals surface area contributed by atoms with Crippen molar-refractivity contribution in [3.05, 3.63) is 144 Å². The molecule has 6 nitrogen and oxygen atoms in total. The fraction of sp³-hybridized carbons (Fsp3) is 0.216. The number of rotatable bonds is 8. The summed E-state index contributed by atoms with van der Waals surface area (Å²) in [5.41, 5.74) is 4.15. The van der Waals surface area contributed by atoms with E-state index in [0.29, 0.717) is 11.2 Å². The summed E-state index contributed by atoms with van der Waals surface area (Å²) >= 11 is 0. The Kier molecular flexibility index (Phi) is 8.86. The molecule has 0 saturated carbocycles. The SMILES string of the molecule is COC(=O)C(Cc1cc2ccccc2n1C(=O)OC(C)(C)C)C(N=C(c1ccccc1)c1ccccc1)c1ccccc1. The van der Waals surface area contributed by atoms with Gasteiger partial charge in [-0.1, -0.05) is 109 Å². The second-order valence-electron chi connectivity index (χ2n) is 11.4. The highest BCUT2D eigenvalue weighted by Crippen LogP contribution is 2.34. The largest absolute Gasteiger partial charge is 0.469 e. The van der Waals surface area contributed by atoms with E-state index < -0.39 is 29.6 Å². The van der Waals surface area contributed by atoms with Crippen LogP contribution in [0.25, 0.3) is 10.9 Å². The van der Waals surface area contributed by atoms with E-state index in [1.807, 2.05) is 142 Å². The highest BCUT2D eigenvalue weighted by atomic mass is 16.6. The molecule has 5 rings (SSSR count). The van der Waals surface area contributed by atoms with Gasteiger partial charge in [0.2, 0.25) is 0 Å². The van der Waals surface area contributed by atoms with Gasteiger partial charge in [0.15, 0.2) is 0 Å². The van der Waals surface area contributed by atoms with E-state index in [-0.39, 0.29) is 6.42 Å². The number of aliphatic imine (C=N–C) groups is 1. The molecule has 0 aliphatic heterocycles. The summed E-state index contributed by atoms with van der Waals surface area (Å²) in [5.74, 6) is -1.17. The van der Waals surface area contributed by atoms with E-state index in [9.17, 15) is 9.59 Å². The first-order valence-corrected chi connectivity index (χ1v) is 14.4. The molecule has 1 heterocycles. The minimum atomic E-state index is -0.750. The zero-order valence-electron chi connectivity index (χ0n) is 24.9. The summed E-state index contributed by atoms with van der Waals surface area (Å²) in [6, 6.07) is 38.6. The van der Waals surface area contributed by atoms with Crippen LogP contribution in [0.1, 0.15) is 49.2 Å². The van der Waals surface area contributed by atoms with E-state index in [1.165, 1.54) is 7.11 Å². The standard InChI is InChI=1S/C37H36N2O4/c1-37(2,3)43-36(41)39-30(24-29-22-14-15-23-32(29)39)25-31(35(40)42-4)34(28-20-12-7-13-21-28)38-33(26-16-8-5-9-17-26)27-18-10-6-11-19-27/h5-24,31,34H,25H2,1-4H3. The quantitative estimate of drug-likeness (QED) is 0.139. The molecule has 5 aromatic rings. The molecule has 0 fully saturated rings. The van der Waals surface area contributed by atoms with Gasteiger partial charge in [0, 0.05) is 28.6 Å². The average Bonchev–Trinajstić information content (AvgIpc) is 3.39. The van der Waals surface area contributed by atoms with Gasteiger partial charge < -0.3 is 9.47 Å². The second-order valence-corrected chi connectivity index (χ2v) is 11.4. The molecule has 0 bridgehead atoms. The molecule has 0 saturated heterocycles. The van der Waals surface area contributed by atoms with Crippen molar-refractivity contribution in [2.75, 3.05) is 7.11 Å². The summed E-state index contributed by atoms with van der Waals surface area (Å²) in [7, 11) is 1.39. The summed E-state index contributed by atoms with van der Waals surface area (Å²) in [4.78, 5) is 32.6. The Morgan fingerprint density at radius 1 is 0.767 bits per heavy atom. The Morgan fingerprint density at radius 3 is 1.86 bits per heavy atom. The van der Waals surface area contributed by atoms with Crippen molar-refractivity contribution in [1.29, 1.82) is 0 Å². The highest BCUT2D eigenvalue weighted by molar-refractivity contribution is 6.13. The topological polar surface area (TPSA) is 69.9 Å². The maximum atomic E-state index is 13.7. The van der Waals surface area contributed by atoms with Crippen molar-refractivity contribution < 1.29 is 19.1 Å². The number of methoxy groups -OCH3 is 1. The summed E-state index contributed by atoms with van der Waals surface area (Å²) in [6.07, 6.45) is -0.304. The number of aromatic nitrogens is 1. The second kappa shape index (κ2) is 12.9. The lowest BCUT2D eigenvalue weighted by Gasteiger charge is -2.25. The Morgan fingerprint density at radius 2 is 1.30 bits per heavy atom. The molecule has 1 aromatic heterocycles. The Hall–Kier alpha value is -4.97. The Bertz CT molecular complexity index is 1680. The van der Waals surface area contributed by atoms with E-state index in [0.717, 1.165) is 27.8 Å². The van der Waals surface area contributed by atoms with Crippen LogP contribution >= 0.6 is 0 Å². The summed E-state index contributed by atoms with van der Waals surface area (Å²) in [6.45, 7) is 5.51. The molecule has 0 spiro atoms. The van der Waals surface area contributed by atoms with Crippen LogP contribution in [0.3, 0.4) is 0 Å². The first-order chi connectivity index (χ1) is 20.7. The lowest BCUT2D eigenvalue weighted by molar-refractivity contribution is -0.146. The van der Waals surface area contributed by atoms with Crippen LogP contribution in [0.5, 0.6) is 0 Å². The van der Waals surface area contributed by atoms with Gasteiger partial charge in [-0.15, -0.1) is 0 Å². The van der Waals surface area contributed by atoms with Crippen molar-refractivity contribution in [2.24, 2.45) is 10.9 Å². The molecule has 2 unspecified atom stereocenters. The third kappa shape index (κ3) is 6.92. The zero-order valence-corrected chi connectivity index (χ0v) is 24.9. The van der Waals surface area contributed by atoms with E-state index in [1.54, 1.807) is 4.57 Å². The molecule has 0 N–H and O–H groups in total. The summed E-state index contributed by atoms with van der Waals surface area (Å²) in [5, 5.41) is 0.876. The van der Waals surface area contributed by atoms with E-state index in [2.05, 4.69) is 0 Å². The van der Waals surface area contributed by atoms with Crippen LogP contribution in [0.4, 0.5) is 4.79 Å². The number of hydrogen-bond acceptors (Lipinski definition) is 5. The first kappa shape index (κ1) is 29.5. The molecule has 0 aliphatic rings. The lowest BCUT2D eigenvalue weighted by Crippen LogP contribution is -2.30. The molecule has 0 amide bonds. The molecule has 218 valence electrons. The molecule has 4 aromatic carbocycles. The van der Waals surface area contributed by atoms with Gasteiger partial charge >= 0.3 is 12.1 Å². The third-order valence-corrected chi connectivity index (χ3v) is 7.18. The Balaban J connectivity index is 1.69. The van der Waals surface area contributed by atoms with Gasteiger partial charge in [0.05, 0.1) is 30.3 Å². The number of esters is 1. The molecular formula is C37H36N2O4. The first-order valence-electron chi connectivity index (χ1n) is 14.4. The maximum absolute atomic E-state index is 13.7. The average molecular weight is 573 g/mol. The smallest absolute Gasteiger partial charge is 0.419 e. The maximum Gasteiger partial charge on any atom is 0.419 e. The van der Waals surface area contributed by atoms with Gasteiger partial charge in [-0.25, -0.2) is 9.36 Å². The number of fused-ring (bicyclic) bond motifs is 1. The fourth-order valence-corrected chi connectivity index (χ4v) is 5.28. The normalized spacial score (nSPS) is 12.7. The minimum absolute atomic E-state index is 0.195. The van der Waals surface area contributed by atoms with Crippen LogP contribution in [0, 0.1) is 5.92 Å². The van der Waals surface area contributed by atoms with E-state index in [4.69, 9.17) is 14.5 Å². The minimum Gasteiger partial charge on any atom is -0.469 e. The van der Waals surface area contributed by atoms with Crippen molar-refractivity contribution >= 4 is 28.7 Å². The molecule has 2 atom stereocenters. The predicted octanol–water partition coefficient (Wildman–Crippen LogP) is 8.04. The fourth-order valence-electron chi connectivity index (χ4n) is 5.28. The van der Waals surface area contributed by atoms with Gasteiger partial charge in [0.1, 0.15) is 5.60 Å². The van der Waals surface area contributed by atoms with Gasteiger partial charge in [-0.3, -0.25) is 9.79 Å². The number of hydrogen-bond donors (Lipinski definition) is 0. The Labute approximate surface area is 252 Å².